The summed E-state index contributed by atoms with van der Waals surface area (Å²) in [6.07, 6.45) is -0.617. The van der Waals surface area contributed by atoms with Gasteiger partial charge >= 0.3 is 0 Å². The lowest BCUT2D eigenvalue weighted by molar-refractivity contribution is -0.00131. The average molecular weight is 172 g/mol. The van der Waals surface area contributed by atoms with Gasteiger partial charge in [-0.05, 0) is 18.4 Å². The topological polar surface area (TPSA) is 29.5 Å². The highest BCUT2D eigenvalue weighted by molar-refractivity contribution is 7.10. The number of aliphatic hydroxyl groups excluding tert-OH is 1. The Bertz CT molecular complexity index is 194. The van der Waals surface area contributed by atoms with E-state index in [9.17, 15) is 5.11 Å². The van der Waals surface area contributed by atoms with Crippen molar-refractivity contribution in [2.45, 2.75) is 19.1 Å². The summed E-state index contributed by atoms with van der Waals surface area (Å²) < 4.78 is 5.12. The summed E-state index contributed by atoms with van der Waals surface area (Å²) in [5, 5.41) is 11.2. The normalized spacial score (nSPS) is 16.3. The van der Waals surface area contributed by atoms with Gasteiger partial charge in [0.1, 0.15) is 6.10 Å². The average Bonchev–Trinajstić information content (AvgIpc) is 2.40. The second-order valence-electron chi connectivity index (χ2n) is 2.41. The molecule has 62 valence electrons. The fourth-order valence-corrected chi connectivity index (χ4v) is 1.90. The Morgan fingerprint density at radius 3 is 2.73 bits per heavy atom. The zero-order chi connectivity index (χ0) is 8.27. The first-order chi connectivity index (χ1) is 5.25. The molecule has 0 bridgehead atoms. The van der Waals surface area contributed by atoms with Gasteiger partial charge in [-0.1, -0.05) is 6.07 Å². The zero-order valence-corrected chi connectivity index (χ0v) is 7.47. The van der Waals surface area contributed by atoms with Crippen LogP contribution in [0, 0.1) is 0 Å². The van der Waals surface area contributed by atoms with Gasteiger partial charge in [0.15, 0.2) is 0 Å². The van der Waals surface area contributed by atoms with Gasteiger partial charge in [-0.3, -0.25) is 0 Å². The molecular weight excluding hydrogens is 160 g/mol. The molecule has 3 heteroatoms. The Kier molecular flexibility index (Phi) is 3.05. The molecule has 0 radical (unpaired) electrons. The highest BCUT2D eigenvalue weighted by Gasteiger charge is 2.16. The van der Waals surface area contributed by atoms with Crippen molar-refractivity contribution in [3.63, 3.8) is 0 Å². The van der Waals surface area contributed by atoms with Crippen molar-refractivity contribution in [3.05, 3.63) is 22.4 Å². The summed E-state index contributed by atoms with van der Waals surface area (Å²) in [4.78, 5) is 1.07. The highest BCUT2D eigenvalue weighted by atomic mass is 32.1. The van der Waals surface area contributed by atoms with Crippen molar-refractivity contribution >= 4 is 11.3 Å². The first-order valence-corrected chi connectivity index (χ1v) is 4.38. The molecule has 1 aromatic rings. The van der Waals surface area contributed by atoms with E-state index in [1.54, 1.807) is 25.4 Å². The Hall–Kier alpha value is -0.380. The van der Waals surface area contributed by atoms with Gasteiger partial charge in [0.2, 0.25) is 0 Å². The maximum Gasteiger partial charge on any atom is 0.117 e. The SMILES string of the molecule is CO[C@H](c1cccs1)[C@@H](C)O. The fourth-order valence-electron chi connectivity index (χ4n) is 1.00. The third-order valence-corrected chi connectivity index (χ3v) is 2.45. The maximum atomic E-state index is 9.27. The van der Waals surface area contributed by atoms with Crippen LogP contribution in [0.3, 0.4) is 0 Å². The Balaban J connectivity index is 2.71. The van der Waals surface area contributed by atoms with Crippen molar-refractivity contribution in [1.29, 1.82) is 0 Å². The molecule has 1 aromatic heterocycles. The smallest absolute Gasteiger partial charge is 0.117 e. The Morgan fingerprint density at radius 1 is 1.64 bits per heavy atom. The number of methoxy groups -OCH3 is 1. The van der Waals surface area contributed by atoms with Crippen LogP contribution in [0.5, 0.6) is 0 Å². The van der Waals surface area contributed by atoms with Gasteiger partial charge in [0.25, 0.3) is 0 Å². The lowest BCUT2D eigenvalue weighted by atomic mass is 10.2. The van der Waals surface area contributed by atoms with Gasteiger partial charge in [-0.25, -0.2) is 0 Å². The summed E-state index contributed by atoms with van der Waals surface area (Å²) in [5.74, 6) is 0. The maximum absolute atomic E-state index is 9.27. The molecule has 0 saturated carbocycles. The summed E-state index contributed by atoms with van der Waals surface area (Å²) in [5.41, 5.74) is 0. The van der Waals surface area contributed by atoms with Crippen LogP contribution in [0.25, 0.3) is 0 Å². The van der Waals surface area contributed by atoms with E-state index in [0.29, 0.717) is 0 Å². The van der Waals surface area contributed by atoms with Gasteiger partial charge in [0, 0.05) is 12.0 Å². The molecule has 2 nitrogen and oxygen atoms in total. The molecule has 1 heterocycles. The minimum absolute atomic E-state index is 0.171. The van der Waals surface area contributed by atoms with Gasteiger partial charge in [-0.2, -0.15) is 0 Å². The van der Waals surface area contributed by atoms with Gasteiger partial charge in [-0.15, -0.1) is 11.3 Å². The summed E-state index contributed by atoms with van der Waals surface area (Å²) >= 11 is 1.60. The molecule has 0 aromatic carbocycles. The molecule has 0 fully saturated rings. The van der Waals surface area contributed by atoms with E-state index in [1.807, 2.05) is 17.5 Å². The molecule has 0 spiro atoms. The molecule has 0 saturated heterocycles. The molecule has 0 unspecified atom stereocenters. The van der Waals surface area contributed by atoms with Crippen LogP contribution in [-0.4, -0.2) is 18.3 Å². The van der Waals surface area contributed by atoms with Crippen LogP contribution in [0.4, 0.5) is 0 Å². The molecule has 0 amide bonds. The van der Waals surface area contributed by atoms with E-state index < -0.39 is 6.10 Å². The van der Waals surface area contributed by atoms with Crippen LogP contribution >= 0.6 is 11.3 Å². The Morgan fingerprint density at radius 2 is 2.36 bits per heavy atom. The van der Waals surface area contributed by atoms with Gasteiger partial charge in [0.05, 0.1) is 6.10 Å². The van der Waals surface area contributed by atoms with E-state index >= 15 is 0 Å². The standard InChI is InChI=1S/C8H12O2S/c1-6(9)8(10-2)7-4-3-5-11-7/h3-6,8-9H,1-2H3/t6-,8+/m1/s1. The van der Waals surface area contributed by atoms with Crippen LogP contribution in [-0.2, 0) is 4.74 Å². The van der Waals surface area contributed by atoms with Crippen LogP contribution in [0.15, 0.2) is 17.5 Å². The van der Waals surface area contributed by atoms with Crippen molar-refractivity contribution < 1.29 is 9.84 Å². The number of aliphatic hydroxyl groups is 1. The van der Waals surface area contributed by atoms with E-state index in [2.05, 4.69) is 0 Å². The number of ether oxygens (including phenoxy) is 1. The van der Waals surface area contributed by atoms with Crippen molar-refractivity contribution in [1.82, 2.24) is 0 Å². The molecule has 0 aliphatic carbocycles. The van der Waals surface area contributed by atoms with Crippen molar-refractivity contribution in [2.75, 3.05) is 7.11 Å². The first kappa shape index (κ1) is 8.71. The molecule has 0 aliphatic heterocycles. The highest BCUT2D eigenvalue weighted by Crippen LogP contribution is 2.24. The van der Waals surface area contributed by atoms with Crippen molar-refractivity contribution in [2.24, 2.45) is 0 Å². The molecule has 11 heavy (non-hydrogen) atoms. The monoisotopic (exact) mass is 172 g/mol. The molecule has 0 aliphatic rings. The van der Waals surface area contributed by atoms with E-state index in [4.69, 9.17) is 4.74 Å². The Labute approximate surface area is 70.4 Å². The second-order valence-corrected chi connectivity index (χ2v) is 3.39. The molecular formula is C8H12O2S. The molecule has 1 rings (SSSR count). The molecule has 1 N–H and O–H groups in total. The van der Waals surface area contributed by atoms with Gasteiger partial charge < -0.3 is 9.84 Å². The van der Waals surface area contributed by atoms with Crippen LogP contribution in [0.2, 0.25) is 0 Å². The van der Waals surface area contributed by atoms with E-state index in [-0.39, 0.29) is 6.10 Å². The predicted molar refractivity (Wildman–Crippen MR) is 45.7 cm³/mol. The number of hydrogen-bond donors (Lipinski definition) is 1. The third-order valence-electron chi connectivity index (χ3n) is 1.52. The number of hydrogen-bond acceptors (Lipinski definition) is 3. The largest absolute Gasteiger partial charge is 0.390 e. The fraction of sp³-hybridized carbons (Fsp3) is 0.500. The minimum atomic E-state index is -0.446. The lowest BCUT2D eigenvalue weighted by Gasteiger charge is -2.15. The number of thiophene rings is 1. The predicted octanol–water partition coefficient (Wildman–Crippen LogP) is 1.82. The lowest BCUT2D eigenvalue weighted by Crippen LogP contribution is -2.14. The van der Waals surface area contributed by atoms with E-state index in [0.717, 1.165) is 4.88 Å². The summed E-state index contributed by atoms with van der Waals surface area (Å²) in [6.45, 7) is 1.73. The zero-order valence-electron chi connectivity index (χ0n) is 6.65. The van der Waals surface area contributed by atoms with Crippen LogP contribution in [0.1, 0.15) is 17.9 Å². The second kappa shape index (κ2) is 3.85. The summed E-state index contributed by atoms with van der Waals surface area (Å²) in [6, 6.07) is 3.92. The molecule has 2 atom stereocenters. The number of rotatable bonds is 3. The third kappa shape index (κ3) is 2.02. The van der Waals surface area contributed by atoms with E-state index in [1.165, 1.54) is 0 Å². The quantitative estimate of drug-likeness (QED) is 0.753. The minimum Gasteiger partial charge on any atom is -0.390 e. The van der Waals surface area contributed by atoms with Crippen LogP contribution < -0.4 is 0 Å². The van der Waals surface area contributed by atoms with Crippen molar-refractivity contribution in [3.8, 4) is 0 Å². The summed E-state index contributed by atoms with van der Waals surface area (Å²) in [7, 11) is 1.61. The first-order valence-electron chi connectivity index (χ1n) is 3.50.